The summed E-state index contributed by atoms with van der Waals surface area (Å²) >= 11 is 7.98. The molecular weight excluding hydrogens is 266 g/mol. The van der Waals surface area contributed by atoms with E-state index >= 15 is 0 Å². The van der Waals surface area contributed by atoms with Gasteiger partial charge in [0.15, 0.2) is 0 Å². The molecule has 2 atom stereocenters. The Balaban J connectivity index is 1.91. The van der Waals surface area contributed by atoms with Crippen molar-refractivity contribution in [1.82, 2.24) is 4.98 Å². The highest BCUT2D eigenvalue weighted by molar-refractivity contribution is 7.18. The molecule has 2 aromatic rings. The maximum atomic E-state index is 6.20. The Morgan fingerprint density at radius 1 is 1.50 bits per heavy atom. The molecule has 2 heterocycles. The highest BCUT2D eigenvalue weighted by Gasteiger charge is 2.41. The number of aromatic nitrogens is 1. The third-order valence-electron chi connectivity index (χ3n) is 3.94. The van der Waals surface area contributed by atoms with Gasteiger partial charge in [-0.25, -0.2) is 4.98 Å². The van der Waals surface area contributed by atoms with Crippen molar-refractivity contribution >= 4 is 33.2 Å². The van der Waals surface area contributed by atoms with Crippen LogP contribution in [0.5, 0.6) is 0 Å². The second-order valence-corrected chi connectivity index (χ2v) is 6.39. The van der Waals surface area contributed by atoms with Gasteiger partial charge in [0, 0.05) is 24.3 Å². The van der Waals surface area contributed by atoms with Crippen molar-refractivity contribution in [3.05, 3.63) is 29.3 Å². The molecule has 1 saturated heterocycles. The summed E-state index contributed by atoms with van der Waals surface area (Å²) in [5, 5.41) is 1.18. The summed E-state index contributed by atoms with van der Waals surface area (Å²) in [6.45, 7) is 2.95. The fourth-order valence-electron chi connectivity index (χ4n) is 2.57. The maximum Gasteiger partial charge on any atom is 0.0945 e. The minimum Gasteiger partial charge on any atom is -0.378 e. The number of halogens is 1. The van der Waals surface area contributed by atoms with Crippen LogP contribution in [0.1, 0.15) is 18.4 Å². The maximum absolute atomic E-state index is 6.20. The Bertz CT molecular complexity index is 522. The molecule has 0 aliphatic carbocycles. The number of nitrogens with zero attached hydrogens (tertiary/aromatic N) is 1. The lowest BCUT2D eigenvalue weighted by Crippen LogP contribution is -2.33. The van der Waals surface area contributed by atoms with Gasteiger partial charge in [-0.2, -0.15) is 0 Å². The Morgan fingerprint density at radius 2 is 2.33 bits per heavy atom. The van der Waals surface area contributed by atoms with E-state index in [1.165, 1.54) is 9.71 Å². The first kappa shape index (κ1) is 12.4. The number of para-hydroxylation sites is 1. The van der Waals surface area contributed by atoms with Crippen LogP contribution in [-0.2, 0) is 11.2 Å². The molecule has 96 valence electrons. The van der Waals surface area contributed by atoms with Gasteiger partial charge < -0.3 is 4.74 Å². The molecule has 4 heteroatoms. The van der Waals surface area contributed by atoms with E-state index in [1.54, 1.807) is 11.3 Å². The monoisotopic (exact) mass is 281 g/mol. The van der Waals surface area contributed by atoms with Crippen molar-refractivity contribution in [2.45, 2.75) is 25.9 Å². The lowest BCUT2D eigenvalue weighted by atomic mass is 9.81. The highest BCUT2D eigenvalue weighted by atomic mass is 35.5. The normalized spacial score (nSPS) is 28.0. The summed E-state index contributed by atoms with van der Waals surface area (Å²) in [4.78, 5) is 4.71. The number of benzene rings is 1. The molecule has 18 heavy (non-hydrogen) atoms. The van der Waals surface area contributed by atoms with E-state index < -0.39 is 0 Å². The smallest absolute Gasteiger partial charge is 0.0945 e. The van der Waals surface area contributed by atoms with Gasteiger partial charge in [-0.3, -0.25) is 0 Å². The highest BCUT2D eigenvalue weighted by Crippen LogP contribution is 2.40. The third-order valence-corrected chi connectivity index (χ3v) is 5.51. The van der Waals surface area contributed by atoms with Crippen molar-refractivity contribution in [3.8, 4) is 0 Å². The van der Waals surface area contributed by atoms with Gasteiger partial charge in [-0.05, 0) is 25.5 Å². The second kappa shape index (κ2) is 4.80. The third kappa shape index (κ3) is 2.04. The second-order valence-electron chi connectivity index (χ2n) is 5.01. The molecule has 1 fully saturated rings. The van der Waals surface area contributed by atoms with E-state index in [9.17, 15) is 0 Å². The van der Waals surface area contributed by atoms with Gasteiger partial charge in [0.2, 0.25) is 0 Å². The van der Waals surface area contributed by atoms with Crippen LogP contribution in [0.2, 0.25) is 0 Å². The van der Waals surface area contributed by atoms with Crippen LogP contribution in [0.3, 0.4) is 0 Å². The quantitative estimate of drug-likeness (QED) is 0.797. The average molecular weight is 282 g/mol. The zero-order chi connectivity index (χ0) is 12.6. The van der Waals surface area contributed by atoms with Crippen LogP contribution in [0.4, 0.5) is 0 Å². The number of ether oxygens (including phenoxy) is 1. The van der Waals surface area contributed by atoms with Crippen LogP contribution >= 0.6 is 22.9 Å². The molecule has 0 bridgehead atoms. The van der Waals surface area contributed by atoms with E-state index in [4.69, 9.17) is 21.3 Å². The number of fused-ring (bicyclic) bond motifs is 1. The van der Waals surface area contributed by atoms with Crippen LogP contribution in [0.15, 0.2) is 24.3 Å². The van der Waals surface area contributed by atoms with Gasteiger partial charge in [-0.1, -0.05) is 12.1 Å². The predicted molar refractivity (Wildman–Crippen MR) is 76.5 cm³/mol. The summed E-state index contributed by atoms with van der Waals surface area (Å²) in [5.41, 5.74) is 1.16. The van der Waals surface area contributed by atoms with Gasteiger partial charge >= 0.3 is 0 Å². The molecular formula is C14H16ClNOS. The van der Waals surface area contributed by atoms with Crippen LogP contribution < -0.4 is 0 Å². The molecule has 3 rings (SSSR count). The van der Waals surface area contributed by atoms with E-state index in [0.29, 0.717) is 5.88 Å². The molecule has 1 aliphatic heterocycles. The first-order chi connectivity index (χ1) is 8.73. The van der Waals surface area contributed by atoms with Crippen molar-refractivity contribution < 1.29 is 4.74 Å². The van der Waals surface area contributed by atoms with E-state index in [1.807, 2.05) is 6.07 Å². The number of hydrogen-bond donors (Lipinski definition) is 0. The van der Waals surface area contributed by atoms with E-state index in [0.717, 1.165) is 25.0 Å². The molecule has 0 spiro atoms. The summed E-state index contributed by atoms with van der Waals surface area (Å²) in [7, 11) is 0. The minimum atomic E-state index is 0.0649. The fraction of sp³-hybridized carbons (Fsp3) is 0.500. The standard InChI is InChI=1S/C14H16ClNOS/c1-10-14(9-15,6-7-17-10)8-13-16-11-4-2-3-5-12(11)18-13/h2-5,10H,6-9H2,1H3. The SMILES string of the molecule is CC1OCCC1(CCl)Cc1nc2ccccc2s1. The number of thiazole rings is 1. The van der Waals surface area contributed by atoms with Gasteiger partial charge in [0.25, 0.3) is 0 Å². The topological polar surface area (TPSA) is 22.1 Å². The van der Waals surface area contributed by atoms with Crippen molar-refractivity contribution in [2.24, 2.45) is 5.41 Å². The summed E-state index contributed by atoms with van der Waals surface area (Å²) in [6, 6.07) is 8.28. The zero-order valence-corrected chi connectivity index (χ0v) is 11.9. The molecule has 0 saturated carbocycles. The molecule has 2 nitrogen and oxygen atoms in total. The zero-order valence-electron chi connectivity index (χ0n) is 10.4. The summed E-state index contributed by atoms with van der Waals surface area (Å²) in [5.74, 6) is 0.643. The molecule has 1 aliphatic rings. The Labute approximate surface area is 116 Å². The van der Waals surface area contributed by atoms with Crippen LogP contribution in [0, 0.1) is 5.41 Å². The minimum absolute atomic E-state index is 0.0649. The number of alkyl halides is 1. The Kier molecular flexibility index (Phi) is 3.31. The first-order valence-corrected chi connectivity index (χ1v) is 7.61. The van der Waals surface area contributed by atoms with Gasteiger partial charge in [0.1, 0.15) is 0 Å². The van der Waals surface area contributed by atoms with E-state index in [-0.39, 0.29) is 11.5 Å². The summed E-state index contributed by atoms with van der Waals surface area (Å²) < 4.78 is 6.95. The first-order valence-electron chi connectivity index (χ1n) is 6.25. The molecule has 0 radical (unpaired) electrons. The van der Waals surface area contributed by atoms with Crippen molar-refractivity contribution in [2.75, 3.05) is 12.5 Å². The molecule has 0 N–H and O–H groups in total. The lowest BCUT2D eigenvalue weighted by Gasteiger charge is -2.28. The number of hydrogen-bond acceptors (Lipinski definition) is 3. The fourth-order valence-corrected chi connectivity index (χ4v) is 4.14. The average Bonchev–Trinajstić information content (AvgIpc) is 2.94. The largest absolute Gasteiger partial charge is 0.378 e. The molecule has 1 aromatic carbocycles. The van der Waals surface area contributed by atoms with Gasteiger partial charge in [0.05, 0.1) is 21.3 Å². The Hall–Kier alpha value is -0.640. The van der Waals surface area contributed by atoms with Crippen LogP contribution in [-0.4, -0.2) is 23.6 Å². The number of rotatable bonds is 3. The van der Waals surface area contributed by atoms with Crippen LogP contribution in [0.25, 0.3) is 10.2 Å². The lowest BCUT2D eigenvalue weighted by molar-refractivity contribution is 0.0735. The predicted octanol–water partition coefficient (Wildman–Crippen LogP) is 3.87. The Morgan fingerprint density at radius 3 is 3.00 bits per heavy atom. The molecule has 2 unspecified atom stereocenters. The summed E-state index contributed by atoms with van der Waals surface area (Å²) in [6.07, 6.45) is 2.19. The van der Waals surface area contributed by atoms with Crippen molar-refractivity contribution in [1.29, 1.82) is 0 Å². The van der Waals surface area contributed by atoms with Gasteiger partial charge in [-0.15, -0.1) is 22.9 Å². The molecule has 0 amide bonds. The van der Waals surface area contributed by atoms with E-state index in [2.05, 4.69) is 25.1 Å². The van der Waals surface area contributed by atoms with Crippen molar-refractivity contribution in [3.63, 3.8) is 0 Å². The molecule has 1 aromatic heterocycles.